The van der Waals surface area contributed by atoms with Gasteiger partial charge in [-0.15, -0.1) is 11.8 Å². The molecule has 0 atom stereocenters. The molecule has 0 aliphatic carbocycles. The van der Waals surface area contributed by atoms with Gasteiger partial charge in [-0.25, -0.2) is 4.79 Å². The molecule has 0 N–H and O–H groups in total. The Bertz CT molecular complexity index is 418. The van der Waals surface area contributed by atoms with Crippen LogP contribution in [0, 0.1) is 0 Å². The van der Waals surface area contributed by atoms with Gasteiger partial charge in [0.15, 0.2) is 0 Å². The lowest BCUT2D eigenvalue weighted by atomic mass is 10.2. The average molecular weight is 264 g/mol. The summed E-state index contributed by atoms with van der Waals surface area (Å²) in [5.41, 5.74) is 1.26. The van der Waals surface area contributed by atoms with E-state index in [-0.39, 0.29) is 6.03 Å². The predicted molar refractivity (Wildman–Crippen MR) is 75.9 cm³/mol. The van der Waals surface area contributed by atoms with Crippen LogP contribution in [0.15, 0.2) is 29.2 Å². The fourth-order valence-electron chi connectivity index (χ4n) is 2.18. The molecule has 2 amide bonds. The van der Waals surface area contributed by atoms with Gasteiger partial charge < -0.3 is 9.80 Å². The molecular weight excluding hydrogens is 244 g/mol. The summed E-state index contributed by atoms with van der Waals surface area (Å²) in [5, 5.41) is 0. The Hall–Kier alpha value is -1.16. The lowest BCUT2D eigenvalue weighted by Gasteiger charge is -2.28. The first kappa shape index (κ1) is 13.3. The molecule has 18 heavy (non-hydrogen) atoms. The molecule has 1 heterocycles. The number of nitrogens with zero attached hydrogens (tertiary/aromatic N) is 2. The van der Waals surface area contributed by atoms with E-state index in [2.05, 4.69) is 18.2 Å². The quantitative estimate of drug-likeness (QED) is 0.819. The summed E-state index contributed by atoms with van der Waals surface area (Å²) in [4.78, 5) is 17.5. The molecule has 0 radical (unpaired) electrons. The molecular formula is C14H20N2OS. The standard InChI is InChI=1S/C14H20N2OS/c1-3-15(4-2)14(17)16-9-10-18-13-8-6-5-7-12(13)11-16/h5-8H,3-4,9-11H2,1-2H3. The lowest BCUT2D eigenvalue weighted by molar-refractivity contribution is 0.158. The van der Waals surface area contributed by atoms with Crippen molar-refractivity contribution in [1.29, 1.82) is 0 Å². The second kappa shape index (κ2) is 6.14. The number of carbonyl (C=O) groups excluding carboxylic acids is 1. The number of fused-ring (bicyclic) bond motifs is 1. The number of amides is 2. The zero-order valence-electron chi connectivity index (χ0n) is 11.1. The monoisotopic (exact) mass is 264 g/mol. The molecule has 98 valence electrons. The topological polar surface area (TPSA) is 23.6 Å². The fraction of sp³-hybridized carbons (Fsp3) is 0.500. The fourth-order valence-corrected chi connectivity index (χ4v) is 3.21. The third-order valence-corrected chi connectivity index (χ3v) is 4.35. The highest BCUT2D eigenvalue weighted by molar-refractivity contribution is 7.99. The third-order valence-electron chi connectivity index (χ3n) is 3.26. The van der Waals surface area contributed by atoms with E-state index in [4.69, 9.17) is 0 Å². The number of benzene rings is 1. The normalized spacial score (nSPS) is 14.9. The van der Waals surface area contributed by atoms with Crippen molar-refractivity contribution in [3.8, 4) is 0 Å². The Morgan fingerprint density at radius 1 is 1.33 bits per heavy atom. The van der Waals surface area contributed by atoms with Crippen LogP contribution in [0.2, 0.25) is 0 Å². The van der Waals surface area contributed by atoms with Gasteiger partial charge in [0.05, 0.1) is 0 Å². The minimum Gasteiger partial charge on any atom is -0.325 e. The van der Waals surface area contributed by atoms with E-state index in [9.17, 15) is 4.79 Å². The zero-order chi connectivity index (χ0) is 13.0. The molecule has 1 aliphatic rings. The molecule has 0 bridgehead atoms. The molecule has 0 spiro atoms. The maximum Gasteiger partial charge on any atom is 0.320 e. The number of thioether (sulfide) groups is 1. The van der Waals surface area contributed by atoms with Crippen LogP contribution in [0.4, 0.5) is 4.79 Å². The van der Waals surface area contributed by atoms with Crippen LogP contribution in [-0.4, -0.2) is 41.2 Å². The van der Waals surface area contributed by atoms with Gasteiger partial charge in [-0.1, -0.05) is 18.2 Å². The predicted octanol–water partition coefficient (Wildman–Crippen LogP) is 3.06. The summed E-state index contributed by atoms with van der Waals surface area (Å²) in [7, 11) is 0. The molecule has 2 rings (SSSR count). The highest BCUT2D eigenvalue weighted by atomic mass is 32.2. The maximum atomic E-state index is 12.4. The highest BCUT2D eigenvalue weighted by Gasteiger charge is 2.21. The highest BCUT2D eigenvalue weighted by Crippen LogP contribution is 2.27. The minimum absolute atomic E-state index is 0.164. The van der Waals surface area contributed by atoms with Gasteiger partial charge in [0, 0.05) is 36.8 Å². The first-order chi connectivity index (χ1) is 8.76. The van der Waals surface area contributed by atoms with Gasteiger partial charge in [-0.2, -0.15) is 0 Å². The van der Waals surface area contributed by atoms with E-state index >= 15 is 0 Å². The first-order valence-corrected chi connectivity index (χ1v) is 7.49. The molecule has 1 aromatic rings. The molecule has 1 aromatic carbocycles. The summed E-state index contributed by atoms with van der Waals surface area (Å²) in [5.74, 6) is 0.976. The van der Waals surface area contributed by atoms with Crippen LogP contribution in [0.1, 0.15) is 19.4 Å². The van der Waals surface area contributed by atoms with Gasteiger partial charge in [-0.3, -0.25) is 0 Å². The van der Waals surface area contributed by atoms with E-state index in [1.165, 1.54) is 10.5 Å². The van der Waals surface area contributed by atoms with Crippen LogP contribution in [0.3, 0.4) is 0 Å². The molecule has 3 nitrogen and oxygen atoms in total. The molecule has 0 saturated carbocycles. The van der Waals surface area contributed by atoms with Crippen molar-refractivity contribution in [2.75, 3.05) is 25.4 Å². The van der Waals surface area contributed by atoms with Crippen molar-refractivity contribution in [1.82, 2.24) is 9.80 Å². The second-order valence-corrected chi connectivity index (χ2v) is 5.47. The van der Waals surface area contributed by atoms with Gasteiger partial charge in [0.25, 0.3) is 0 Å². The van der Waals surface area contributed by atoms with Crippen molar-refractivity contribution in [3.63, 3.8) is 0 Å². The second-order valence-electron chi connectivity index (χ2n) is 4.33. The summed E-state index contributed by atoms with van der Waals surface area (Å²) in [6.07, 6.45) is 0. The van der Waals surface area contributed by atoms with E-state index in [0.29, 0.717) is 0 Å². The van der Waals surface area contributed by atoms with Crippen molar-refractivity contribution in [3.05, 3.63) is 29.8 Å². The van der Waals surface area contributed by atoms with Crippen LogP contribution in [0.25, 0.3) is 0 Å². The van der Waals surface area contributed by atoms with Gasteiger partial charge in [-0.05, 0) is 25.5 Å². The average Bonchev–Trinajstić information content (AvgIpc) is 2.62. The van der Waals surface area contributed by atoms with Gasteiger partial charge >= 0.3 is 6.03 Å². The summed E-state index contributed by atoms with van der Waals surface area (Å²) in [6.45, 7) is 7.18. The van der Waals surface area contributed by atoms with E-state index in [0.717, 1.165) is 31.9 Å². The molecule has 0 saturated heterocycles. The lowest BCUT2D eigenvalue weighted by Crippen LogP contribution is -2.43. The van der Waals surface area contributed by atoms with Crippen molar-refractivity contribution < 1.29 is 4.79 Å². The van der Waals surface area contributed by atoms with Crippen LogP contribution in [0.5, 0.6) is 0 Å². The van der Waals surface area contributed by atoms with E-state index in [1.807, 2.05) is 41.5 Å². The SMILES string of the molecule is CCN(CC)C(=O)N1CCSc2ccccc2C1. The third kappa shape index (κ3) is 2.80. The van der Waals surface area contributed by atoms with E-state index in [1.54, 1.807) is 0 Å². The summed E-state index contributed by atoms with van der Waals surface area (Å²) in [6, 6.07) is 8.54. The summed E-state index contributed by atoms with van der Waals surface area (Å²) < 4.78 is 0. The molecule has 0 fully saturated rings. The Balaban J connectivity index is 2.14. The Morgan fingerprint density at radius 2 is 2.06 bits per heavy atom. The van der Waals surface area contributed by atoms with Crippen molar-refractivity contribution in [2.24, 2.45) is 0 Å². The van der Waals surface area contributed by atoms with Crippen molar-refractivity contribution >= 4 is 17.8 Å². The number of carbonyl (C=O) groups is 1. The molecule has 0 unspecified atom stereocenters. The maximum absolute atomic E-state index is 12.4. The smallest absolute Gasteiger partial charge is 0.320 e. The molecule has 4 heteroatoms. The number of rotatable bonds is 2. The number of hydrogen-bond donors (Lipinski definition) is 0. The van der Waals surface area contributed by atoms with E-state index < -0.39 is 0 Å². The van der Waals surface area contributed by atoms with Gasteiger partial charge in [0.1, 0.15) is 0 Å². The number of hydrogen-bond acceptors (Lipinski definition) is 2. The molecule has 0 aromatic heterocycles. The Labute approximate surface area is 113 Å². The first-order valence-electron chi connectivity index (χ1n) is 6.50. The summed E-state index contributed by atoms with van der Waals surface area (Å²) >= 11 is 1.85. The largest absolute Gasteiger partial charge is 0.325 e. The van der Waals surface area contributed by atoms with Gasteiger partial charge in [0.2, 0.25) is 0 Å². The van der Waals surface area contributed by atoms with Crippen molar-refractivity contribution in [2.45, 2.75) is 25.3 Å². The Kier molecular flexibility index (Phi) is 4.53. The van der Waals surface area contributed by atoms with Crippen LogP contribution < -0.4 is 0 Å². The van der Waals surface area contributed by atoms with Crippen LogP contribution >= 0.6 is 11.8 Å². The molecule has 1 aliphatic heterocycles. The van der Waals surface area contributed by atoms with Crippen LogP contribution in [-0.2, 0) is 6.54 Å². The Morgan fingerprint density at radius 3 is 2.78 bits per heavy atom. The zero-order valence-corrected chi connectivity index (χ0v) is 11.9. The minimum atomic E-state index is 0.164. The number of urea groups is 1.